The van der Waals surface area contributed by atoms with Crippen molar-refractivity contribution in [2.24, 2.45) is 0 Å². The fraction of sp³-hybridized carbons (Fsp3) is 0.167. The first kappa shape index (κ1) is 16.5. The summed E-state index contributed by atoms with van der Waals surface area (Å²) in [6.07, 6.45) is 2.90. The first-order valence-electron chi connectivity index (χ1n) is 7.66. The molecule has 0 fully saturated rings. The van der Waals surface area contributed by atoms with E-state index in [4.69, 9.17) is 9.15 Å². The number of furan rings is 1. The van der Waals surface area contributed by atoms with Crippen LogP contribution < -0.4 is 15.6 Å². The number of amides is 1. The molecule has 3 aromatic rings. The second-order valence-electron chi connectivity index (χ2n) is 5.32. The summed E-state index contributed by atoms with van der Waals surface area (Å²) in [7, 11) is 1.59. The number of methoxy groups -OCH3 is 1. The highest BCUT2D eigenvalue weighted by Crippen LogP contribution is 2.19. The number of rotatable bonds is 6. The second kappa shape index (κ2) is 7.48. The van der Waals surface area contributed by atoms with Crippen molar-refractivity contribution >= 4 is 5.91 Å². The van der Waals surface area contributed by atoms with E-state index in [1.54, 1.807) is 31.4 Å². The van der Waals surface area contributed by atoms with Crippen LogP contribution in [0, 0.1) is 0 Å². The van der Waals surface area contributed by atoms with E-state index in [9.17, 15) is 9.59 Å². The molecule has 0 bridgehead atoms. The Balaban J connectivity index is 1.66. The zero-order valence-corrected chi connectivity index (χ0v) is 13.6. The fourth-order valence-electron chi connectivity index (χ4n) is 2.27. The molecule has 25 heavy (non-hydrogen) atoms. The third kappa shape index (κ3) is 4.14. The monoisotopic (exact) mass is 339 g/mol. The third-order valence-corrected chi connectivity index (χ3v) is 3.62. The summed E-state index contributed by atoms with van der Waals surface area (Å²) in [4.78, 5) is 28.4. The lowest BCUT2D eigenvalue weighted by molar-refractivity contribution is -0.122. The topological polar surface area (TPSA) is 86.4 Å². The van der Waals surface area contributed by atoms with Crippen LogP contribution in [0.2, 0.25) is 0 Å². The van der Waals surface area contributed by atoms with Crippen LogP contribution in [0.3, 0.4) is 0 Å². The van der Waals surface area contributed by atoms with Gasteiger partial charge in [-0.05, 0) is 36.4 Å². The number of hydrogen-bond acceptors (Lipinski definition) is 5. The molecule has 2 aromatic heterocycles. The molecule has 0 spiro atoms. The summed E-state index contributed by atoms with van der Waals surface area (Å²) in [6, 6.07) is 12.1. The molecule has 0 saturated heterocycles. The van der Waals surface area contributed by atoms with Crippen molar-refractivity contribution < 1.29 is 13.9 Å². The van der Waals surface area contributed by atoms with Crippen LogP contribution in [-0.4, -0.2) is 22.6 Å². The Kier molecular flexibility index (Phi) is 4.94. The number of aromatic nitrogens is 2. The molecule has 1 N–H and O–H groups in total. The van der Waals surface area contributed by atoms with Gasteiger partial charge in [-0.25, -0.2) is 4.98 Å². The molecule has 7 heteroatoms. The Morgan fingerprint density at radius 2 is 2.08 bits per heavy atom. The summed E-state index contributed by atoms with van der Waals surface area (Å²) >= 11 is 0. The molecule has 0 aliphatic rings. The van der Waals surface area contributed by atoms with Crippen LogP contribution in [0.25, 0.3) is 11.3 Å². The van der Waals surface area contributed by atoms with Crippen LogP contribution in [0.5, 0.6) is 5.75 Å². The van der Waals surface area contributed by atoms with Gasteiger partial charge in [0, 0.05) is 11.6 Å². The van der Waals surface area contributed by atoms with Crippen molar-refractivity contribution in [2.75, 3.05) is 7.11 Å². The number of benzene rings is 1. The average Bonchev–Trinajstić information content (AvgIpc) is 3.15. The predicted molar refractivity (Wildman–Crippen MR) is 91.0 cm³/mol. The minimum Gasteiger partial charge on any atom is -0.497 e. The van der Waals surface area contributed by atoms with Crippen molar-refractivity contribution in [3.8, 4) is 17.0 Å². The maximum atomic E-state index is 12.2. The van der Waals surface area contributed by atoms with Gasteiger partial charge in [0.05, 0.1) is 31.9 Å². The minimum atomic E-state index is -0.297. The minimum absolute atomic E-state index is 0.102. The van der Waals surface area contributed by atoms with Crippen molar-refractivity contribution in [1.82, 2.24) is 14.9 Å². The molecule has 0 radical (unpaired) electrons. The van der Waals surface area contributed by atoms with Crippen molar-refractivity contribution in [2.45, 2.75) is 13.1 Å². The van der Waals surface area contributed by atoms with E-state index in [1.807, 2.05) is 12.1 Å². The van der Waals surface area contributed by atoms with Gasteiger partial charge in [-0.3, -0.25) is 14.2 Å². The van der Waals surface area contributed by atoms with Crippen LogP contribution in [0.4, 0.5) is 0 Å². The van der Waals surface area contributed by atoms with E-state index < -0.39 is 0 Å². The maximum absolute atomic E-state index is 12.2. The van der Waals surface area contributed by atoms with E-state index in [0.29, 0.717) is 11.5 Å². The van der Waals surface area contributed by atoms with E-state index >= 15 is 0 Å². The van der Waals surface area contributed by atoms with Crippen molar-refractivity contribution in [3.63, 3.8) is 0 Å². The molecule has 0 saturated carbocycles. The molecule has 0 unspecified atom stereocenters. The molecule has 1 aromatic carbocycles. The van der Waals surface area contributed by atoms with Gasteiger partial charge in [0.15, 0.2) is 0 Å². The highest BCUT2D eigenvalue weighted by Gasteiger charge is 2.08. The van der Waals surface area contributed by atoms with Gasteiger partial charge in [0.2, 0.25) is 5.91 Å². The maximum Gasteiger partial charge on any atom is 0.254 e. The van der Waals surface area contributed by atoms with E-state index in [1.165, 1.54) is 23.2 Å². The Bertz CT molecular complexity index is 899. The lowest BCUT2D eigenvalue weighted by Gasteiger charge is -2.07. The number of nitrogens with one attached hydrogen (secondary N) is 1. The predicted octanol–water partition coefficient (Wildman–Crippen LogP) is 1.83. The van der Waals surface area contributed by atoms with Gasteiger partial charge in [-0.1, -0.05) is 0 Å². The summed E-state index contributed by atoms with van der Waals surface area (Å²) < 4.78 is 11.5. The highest BCUT2D eigenvalue weighted by atomic mass is 16.5. The number of nitrogens with zero attached hydrogens (tertiary/aromatic N) is 2. The lowest BCUT2D eigenvalue weighted by Crippen LogP contribution is -2.31. The summed E-state index contributed by atoms with van der Waals surface area (Å²) in [5, 5.41) is 2.69. The second-order valence-corrected chi connectivity index (χ2v) is 5.32. The van der Waals surface area contributed by atoms with E-state index in [2.05, 4.69) is 10.3 Å². The molecule has 0 aliphatic heterocycles. The first-order valence-corrected chi connectivity index (χ1v) is 7.66. The summed E-state index contributed by atoms with van der Waals surface area (Å²) in [5.41, 5.74) is 1.04. The Morgan fingerprint density at radius 1 is 1.28 bits per heavy atom. The molecule has 0 atom stereocenters. The first-order chi connectivity index (χ1) is 12.2. The van der Waals surface area contributed by atoms with Crippen molar-refractivity contribution in [1.29, 1.82) is 0 Å². The zero-order valence-electron chi connectivity index (χ0n) is 13.6. The zero-order chi connectivity index (χ0) is 17.6. The van der Waals surface area contributed by atoms with Gasteiger partial charge in [-0.2, -0.15) is 0 Å². The van der Waals surface area contributed by atoms with Crippen molar-refractivity contribution in [3.05, 3.63) is 71.2 Å². The fourth-order valence-corrected chi connectivity index (χ4v) is 2.27. The Morgan fingerprint density at radius 3 is 2.72 bits per heavy atom. The number of carbonyl (C=O) groups is 1. The molecule has 0 aliphatic carbocycles. The molecule has 1 amide bonds. The van der Waals surface area contributed by atoms with Gasteiger partial charge in [0.25, 0.3) is 5.56 Å². The summed E-state index contributed by atoms with van der Waals surface area (Å²) in [6.45, 7) is 0.174. The van der Waals surface area contributed by atoms with Crippen LogP contribution in [0.15, 0.2) is 64.3 Å². The largest absolute Gasteiger partial charge is 0.497 e. The van der Waals surface area contributed by atoms with Crippen LogP contribution in [-0.2, 0) is 17.9 Å². The lowest BCUT2D eigenvalue weighted by atomic mass is 10.1. The number of ether oxygens (including phenoxy) is 1. The Labute approximate surface area is 143 Å². The summed E-state index contributed by atoms with van der Waals surface area (Å²) in [5.74, 6) is 1.08. The molecule has 7 nitrogen and oxygen atoms in total. The highest BCUT2D eigenvalue weighted by molar-refractivity contribution is 5.75. The Hall–Kier alpha value is -3.35. The molecule has 3 rings (SSSR count). The molecular formula is C18H17N3O4. The standard InChI is InChI=1S/C18H17N3O4/c1-24-14-6-4-13(5-7-14)16-9-18(23)21(12-20-16)11-17(22)19-10-15-3-2-8-25-15/h2-9,12H,10-11H2,1H3,(H,19,22). The quantitative estimate of drug-likeness (QED) is 0.740. The molecule has 2 heterocycles. The van der Waals surface area contributed by atoms with E-state index in [0.717, 1.165) is 11.3 Å². The van der Waals surface area contributed by atoms with Crippen LogP contribution in [0.1, 0.15) is 5.76 Å². The molecular weight excluding hydrogens is 322 g/mol. The molecule has 128 valence electrons. The van der Waals surface area contributed by atoms with Crippen LogP contribution >= 0.6 is 0 Å². The van der Waals surface area contributed by atoms with Gasteiger partial charge < -0.3 is 14.5 Å². The number of hydrogen-bond donors (Lipinski definition) is 1. The normalized spacial score (nSPS) is 10.4. The smallest absolute Gasteiger partial charge is 0.254 e. The van der Waals surface area contributed by atoms with Gasteiger partial charge in [-0.15, -0.1) is 0 Å². The number of carbonyl (C=O) groups excluding carboxylic acids is 1. The van der Waals surface area contributed by atoms with Gasteiger partial charge in [0.1, 0.15) is 18.1 Å². The van der Waals surface area contributed by atoms with E-state index in [-0.39, 0.29) is 24.6 Å². The van der Waals surface area contributed by atoms with Gasteiger partial charge >= 0.3 is 0 Å². The third-order valence-electron chi connectivity index (χ3n) is 3.62. The average molecular weight is 339 g/mol. The SMILES string of the molecule is COc1ccc(-c2cc(=O)n(CC(=O)NCc3ccco3)cn2)cc1.